The van der Waals surface area contributed by atoms with E-state index >= 15 is 0 Å². The molecular weight excluding hydrogens is 390 g/mol. The highest BCUT2D eigenvalue weighted by Crippen LogP contribution is 2.27. The second-order valence-electron chi connectivity index (χ2n) is 8.73. The largest absolute Gasteiger partial charge is 0.496 e. The number of nitrogens with one attached hydrogen (secondary N) is 2. The number of amides is 1. The van der Waals surface area contributed by atoms with Gasteiger partial charge in [-0.25, -0.2) is 4.79 Å². The van der Waals surface area contributed by atoms with Crippen LogP contribution in [-0.2, 0) is 11.3 Å². The number of benzene rings is 1. The minimum Gasteiger partial charge on any atom is -0.496 e. The van der Waals surface area contributed by atoms with Crippen LogP contribution >= 0.6 is 0 Å². The Morgan fingerprint density at radius 3 is 2.29 bits per heavy atom. The Morgan fingerprint density at radius 2 is 1.74 bits per heavy atom. The van der Waals surface area contributed by atoms with Crippen molar-refractivity contribution in [3.63, 3.8) is 0 Å². The molecule has 1 heterocycles. The Labute approximate surface area is 186 Å². The summed E-state index contributed by atoms with van der Waals surface area (Å²) in [7, 11) is 3.28. The first-order chi connectivity index (χ1) is 14.8. The topological polar surface area (TPSA) is 72.5 Å². The molecule has 1 aliphatic rings. The van der Waals surface area contributed by atoms with Crippen molar-refractivity contribution in [3.8, 4) is 16.9 Å². The molecule has 6 nitrogen and oxygen atoms in total. The van der Waals surface area contributed by atoms with E-state index in [2.05, 4.69) is 33.8 Å². The van der Waals surface area contributed by atoms with Crippen LogP contribution in [0.1, 0.15) is 58.4 Å². The Hall–Kier alpha value is -2.60. The maximum Gasteiger partial charge on any atom is 0.407 e. The number of carbonyl (C=O) groups excluding carboxylic acids is 1. The van der Waals surface area contributed by atoms with Crippen LogP contribution in [0.25, 0.3) is 11.1 Å². The molecule has 3 rings (SSSR count). The van der Waals surface area contributed by atoms with Crippen LogP contribution in [-0.4, -0.2) is 36.9 Å². The van der Waals surface area contributed by atoms with Crippen LogP contribution in [0.5, 0.6) is 5.75 Å². The molecule has 170 valence electrons. The van der Waals surface area contributed by atoms with Gasteiger partial charge in [-0.2, -0.15) is 0 Å². The first kappa shape index (κ1) is 24.7. The second kappa shape index (κ2) is 12.3. The lowest BCUT2D eigenvalue weighted by Gasteiger charge is -2.23. The summed E-state index contributed by atoms with van der Waals surface area (Å²) in [4.78, 5) is 14.6. The normalized spacial score (nSPS) is 14.2. The lowest BCUT2D eigenvalue weighted by molar-refractivity contribution is 0.0541. The van der Waals surface area contributed by atoms with Crippen LogP contribution in [0.2, 0.25) is 0 Å². The van der Waals surface area contributed by atoms with Gasteiger partial charge in [0.05, 0.1) is 7.11 Å². The molecule has 0 aliphatic heterocycles. The standard InChI is InChI=1S/C19H24N2O.C6H13NO2/c1-22-19-8-7-16(15-9-11-20-12-10-15)13-17(19)14-21-18-5-3-2-4-6-18;1-6(2,3)9-5(8)7-4/h7-13,18,21H,2-6,14H2,1H3;1-4H3,(H,7,8). The molecule has 0 unspecified atom stereocenters. The van der Waals surface area contributed by atoms with Gasteiger partial charge in [-0.05, 0) is 69.0 Å². The highest BCUT2D eigenvalue weighted by atomic mass is 16.6. The second-order valence-corrected chi connectivity index (χ2v) is 8.73. The van der Waals surface area contributed by atoms with Crippen molar-refractivity contribution in [2.75, 3.05) is 14.2 Å². The molecule has 31 heavy (non-hydrogen) atoms. The van der Waals surface area contributed by atoms with E-state index in [1.807, 2.05) is 45.3 Å². The Balaban J connectivity index is 0.000000323. The summed E-state index contributed by atoms with van der Waals surface area (Å²) in [6.45, 7) is 6.33. The zero-order chi connectivity index (χ0) is 22.7. The minimum atomic E-state index is -0.389. The lowest BCUT2D eigenvalue weighted by atomic mass is 9.95. The van der Waals surface area contributed by atoms with Gasteiger partial charge in [0, 0.05) is 37.6 Å². The van der Waals surface area contributed by atoms with Crippen LogP contribution < -0.4 is 15.4 Å². The molecule has 0 radical (unpaired) electrons. The van der Waals surface area contributed by atoms with Crippen molar-refractivity contribution in [2.45, 2.75) is 71.1 Å². The van der Waals surface area contributed by atoms with Gasteiger partial charge in [-0.1, -0.05) is 25.3 Å². The van der Waals surface area contributed by atoms with Gasteiger partial charge in [0.25, 0.3) is 0 Å². The van der Waals surface area contributed by atoms with Crippen molar-refractivity contribution in [2.24, 2.45) is 0 Å². The lowest BCUT2D eigenvalue weighted by Crippen LogP contribution is -2.30. The Kier molecular flexibility index (Phi) is 9.79. The number of hydrogen-bond donors (Lipinski definition) is 2. The molecular formula is C25H37N3O3. The number of alkyl carbamates (subject to hydrolysis) is 1. The number of aromatic nitrogens is 1. The molecule has 0 bridgehead atoms. The third kappa shape index (κ3) is 8.97. The molecule has 1 aromatic heterocycles. The van der Waals surface area contributed by atoms with Crippen molar-refractivity contribution in [3.05, 3.63) is 48.3 Å². The molecule has 1 aromatic carbocycles. The summed E-state index contributed by atoms with van der Waals surface area (Å²) in [5.74, 6) is 0.959. The SMILES string of the molecule is CNC(=O)OC(C)(C)C.COc1ccc(-c2ccncc2)cc1CNC1CCCCC1. The average molecular weight is 428 g/mol. The predicted molar refractivity (Wildman–Crippen MR) is 125 cm³/mol. The molecule has 0 spiro atoms. The van der Waals surface area contributed by atoms with Crippen LogP contribution in [0.4, 0.5) is 4.79 Å². The minimum absolute atomic E-state index is 0.387. The van der Waals surface area contributed by atoms with Crippen molar-refractivity contribution >= 4 is 6.09 Å². The fraction of sp³-hybridized carbons (Fsp3) is 0.520. The van der Waals surface area contributed by atoms with Crippen LogP contribution in [0, 0.1) is 0 Å². The Morgan fingerprint density at radius 1 is 1.06 bits per heavy atom. The highest BCUT2D eigenvalue weighted by Gasteiger charge is 2.15. The third-order valence-electron chi connectivity index (χ3n) is 5.08. The number of ether oxygens (including phenoxy) is 2. The molecule has 1 fully saturated rings. The summed E-state index contributed by atoms with van der Waals surface area (Å²) >= 11 is 0. The fourth-order valence-electron chi connectivity index (χ4n) is 3.53. The summed E-state index contributed by atoms with van der Waals surface area (Å²) in [6.07, 6.45) is 9.97. The fourth-order valence-corrected chi connectivity index (χ4v) is 3.53. The summed E-state index contributed by atoms with van der Waals surface area (Å²) in [5, 5.41) is 6.06. The summed E-state index contributed by atoms with van der Waals surface area (Å²) in [5.41, 5.74) is 3.24. The van der Waals surface area contributed by atoms with E-state index in [0.29, 0.717) is 6.04 Å². The van der Waals surface area contributed by atoms with Crippen molar-refractivity contribution in [1.29, 1.82) is 0 Å². The molecule has 0 atom stereocenters. The van der Waals surface area contributed by atoms with Crippen molar-refractivity contribution in [1.82, 2.24) is 15.6 Å². The maximum absolute atomic E-state index is 10.5. The van der Waals surface area contributed by atoms with Gasteiger partial charge in [0.1, 0.15) is 11.4 Å². The molecule has 1 aliphatic carbocycles. The van der Waals surface area contributed by atoms with Gasteiger partial charge >= 0.3 is 6.09 Å². The van der Waals surface area contributed by atoms with E-state index in [-0.39, 0.29) is 11.7 Å². The third-order valence-corrected chi connectivity index (χ3v) is 5.08. The zero-order valence-corrected chi connectivity index (χ0v) is 19.5. The smallest absolute Gasteiger partial charge is 0.407 e. The van der Waals surface area contributed by atoms with E-state index in [0.717, 1.165) is 12.3 Å². The summed E-state index contributed by atoms with van der Waals surface area (Å²) < 4.78 is 10.4. The van der Waals surface area contributed by atoms with Gasteiger partial charge in [-0.15, -0.1) is 0 Å². The average Bonchev–Trinajstić information content (AvgIpc) is 2.78. The van der Waals surface area contributed by atoms with E-state index in [9.17, 15) is 4.79 Å². The van der Waals surface area contributed by atoms with Gasteiger partial charge in [0.2, 0.25) is 0 Å². The molecule has 0 saturated heterocycles. The molecule has 1 amide bonds. The van der Waals surface area contributed by atoms with Crippen LogP contribution in [0.15, 0.2) is 42.7 Å². The zero-order valence-electron chi connectivity index (χ0n) is 19.5. The highest BCUT2D eigenvalue weighted by molar-refractivity contribution is 5.67. The monoisotopic (exact) mass is 427 g/mol. The van der Waals surface area contributed by atoms with E-state index in [4.69, 9.17) is 9.47 Å². The van der Waals surface area contributed by atoms with Gasteiger partial charge < -0.3 is 20.1 Å². The van der Waals surface area contributed by atoms with Crippen LogP contribution in [0.3, 0.4) is 0 Å². The number of carbonyl (C=O) groups is 1. The number of pyridine rings is 1. The molecule has 6 heteroatoms. The molecule has 1 saturated carbocycles. The van der Waals surface area contributed by atoms with Crippen molar-refractivity contribution < 1.29 is 14.3 Å². The van der Waals surface area contributed by atoms with E-state index in [1.165, 1.54) is 55.8 Å². The quantitative estimate of drug-likeness (QED) is 0.676. The van der Waals surface area contributed by atoms with Gasteiger partial charge in [0.15, 0.2) is 0 Å². The first-order valence-electron chi connectivity index (χ1n) is 11.0. The predicted octanol–water partition coefficient (Wildman–Crippen LogP) is 5.32. The van der Waals surface area contributed by atoms with E-state index in [1.54, 1.807) is 7.11 Å². The summed E-state index contributed by atoms with van der Waals surface area (Å²) in [6, 6.07) is 11.1. The Bertz CT molecular complexity index is 797. The molecule has 2 N–H and O–H groups in total. The van der Waals surface area contributed by atoms with E-state index < -0.39 is 0 Å². The molecule has 2 aromatic rings. The number of rotatable bonds is 5. The maximum atomic E-state index is 10.5. The van der Waals surface area contributed by atoms with Gasteiger partial charge in [-0.3, -0.25) is 4.98 Å². The number of hydrogen-bond acceptors (Lipinski definition) is 5. The number of nitrogens with zero attached hydrogens (tertiary/aromatic N) is 1. The first-order valence-corrected chi connectivity index (χ1v) is 11.0. The number of methoxy groups -OCH3 is 1.